The highest BCUT2D eigenvalue weighted by molar-refractivity contribution is 6.00. The van der Waals surface area contributed by atoms with Crippen molar-refractivity contribution in [1.82, 2.24) is 10.2 Å². The van der Waals surface area contributed by atoms with Crippen LogP contribution in [0.2, 0.25) is 0 Å². The van der Waals surface area contributed by atoms with Crippen LogP contribution in [0.15, 0.2) is 40.8 Å². The van der Waals surface area contributed by atoms with E-state index >= 15 is 0 Å². The highest BCUT2D eigenvalue weighted by Crippen LogP contribution is 2.30. The second-order valence-electron chi connectivity index (χ2n) is 4.47. The molecule has 21 heavy (non-hydrogen) atoms. The first-order valence-corrected chi connectivity index (χ1v) is 6.32. The first-order chi connectivity index (χ1) is 10.1. The topological polar surface area (TPSA) is 85.5 Å². The molecular formula is C15H12N2O4. The van der Waals surface area contributed by atoms with Crippen LogP contribution in [-0.4, -0.2) is 21.3 Å². The Morgan fingerprint density at radius 3 is 2.76 bits per heavy atom. The Morgan fingerprint density at radius 2 is 2.05 bits per heavy atom. The molecule has 0 aliphatic rings. The van der Waals surface area contributed by atoms with Crippen LogP contribution >= 0.6 is 0 Å². The third-order valence-corrected chi connectivity index (χ3v) is 3.02. The predicted molar refractivity (Wildman–Crippen MR) is 74.3 cm³/mol. The van der Waals surface area contributed by atoms with Crippen LogP contribution in [0, 0.1) is 6.92 Å². The quantitative estimate of drug-likeness (QED) is 0.792. The van der Waals surface area contributed by atoms with Crippen molar-refractivity contribution in [3.63, 3.8) is 0 Å². The van der Waals surface area contributed by atoms with Crippen LogP contribution in [-0.2, 0) is 6.61 Å². The predicted octanol–water partition coefficient (Wildman–Crippen LogP) is 2.81. The van der Waals surface area contributed by atoms with Crippen molar-refractivity contribution in [3.05, 3.63) is 53.7 Å². The number of hydrogen-bond donors (Lipinski definition) is 1. The highest BCUT2D eigenvalue weighted by atomic mass is 16.5. The lowest BCUT2D eigenvalue weighted by molar-refractivity contribution is 0.0691. The van der Waals surface area contributed by atoms with Gasteiger partial charge < -0.3 is 14.3 Å². The van der Waals surface area contributed by atoms with Gasteiger partial charge in [-0.25, -0.2) is 4.79 Å². The van der Waals surface area contributed by atoms with E-state index < -0.39 is 5.97 Å². The van der Waals surface area contributed by atoms with Gasteiger partial charge in [0.15, 0.2) is 6.61 Å². The van der Waals surface area contributed by atoms with Gasteiger partial charge in [0.25, 0.3) is 5.89 Å². The molecule has 0 saturated heterocycles. The second-order valence-corrected chi connectivity index (χ2v) is 4.47. The van der Waals surface area contributed by atoms with Crippen LogP contribution in [0.25, 0.3) is 10.8 Å². The van der Waals surface area contributed by atoms with Crippen molar-refractivity contribution in [2.45, 2.75) is 13.5 Å². The number of benzene rings is 2. The van der Waals surface area contributed by atoms with Crippen molar-refractivity contribution >= 4 is 16.7 Å². The van der Waals surface area contributed by atoms with E-state index in [1.165, 1.54) is 6.07 Å². The number of carbonyl (C=O) groups is 1. The summed E-state index contributed by atoms with van der Waals surface area (Å²) in [5.41, 5.74) is 0.102. The Bertz CT molecular complexity index is 810. The summed E-state index contributed by atoms with van der Waals surface area (Å²) in [7, 11) is 0. The number of rotatable bonds is 4. The number of fused-ring (bicyclic) bond motifs is 1. The molecule has 0 spiro atoms. The van der Waals surface area contributed by atoms with Crippen molar-refractivity contribution < 1.29 is 19.1 Å². The Morgan fingerprint density at radius 1 is 1.24 bits per heavy atom. The Kier molecular flexibility index (Phi) is 3.27. The monoisotopic (exact) mass is 284 g/mol. The number of carboxylic acid groups (broad SMARTS) is 1. The molecule has 0 radical (unpaired) electrons. The highest BCUT2D eigenvalue weighted by Gasteiger charge is 2.16. The van der Waals surface area contributed by atoms with Crippen LogP contribution in [0.3, 0.4) is 0 Å². The second kappa shape index (κ2) is 5.24. The lowest BCUT2D eigenvalue weighted by Gasteiger charge is -2.10. The molecule has 3 aromatic rings. The summed E-state index contributed by atoms with van der Waals surface area (Å²) in [6.07, 6.45) is 0. The zero-order valence-corrected chi connectivity index (χ0v) is 11.2. The largest absolute Gasteiger partial charge is 0.482 e. The van der Waals surface area contributed by atoms with Crippen LogP contribution in [0.4, 0.5) is 0 Å². The fourth-order valence-electron chi connectivity index (χ4n) is 2.10. The number of aromatic nitrogens is 2. The SMILES string of the molecule is Cc1nnc(COc2c(C(=O)O)ccc3ccccc23)o1. The maximum absolute atomic E-state index is 11.3. The van der Waals surface area contributed by atoms with Gasteiger partial charge in [-0.2, -0.15) is 0 Å². The van der Waals surface area contributed by atoms with E-state index in [1.54, 1.807) is 13.0 Å². The molecule has 6 nitrogen and oxygen atoms in total. The molecule has 3 rings (SSSR count). The molecule has 0 saturated carbocycles. The van der Waals surface area contributed by atoms with E-state index in [1.807, 2.05) is 24.3 Å². The maximum atomic E-state index is 11.3. The lowest BCUT2D eigenvalue weighted by atomic mass is 10.1. The Balaban J connectivity index is 2.01. The van der Waals surface area contributed by atoms with Gasteiger partial charge in [0.1, 0.15) is 11.3 Å². The van der Waals surface area contributed by atoms with Crippen LogP contribution < -0.4 is 4.74 Å². The van der Waals surface area contributed by atoms with Crippen molar-refractivity contribution in [2.75, 3.05) is 0 Å². The summed E-state index contributed by atoms with van der Waals surface area (Å²) in [4.78, 5) is 11.3. The molecule has 1 heterocycles. The van der Waals surface area contributed by atoms with Crippen LogP contribution in [0.5, 0.6) is 5.75 Å². The molecular weight excluding hydrogens is 272 g/mol. The van der Waals surface area contributed by atoms with Gasteiger partial charge in [-0.05, 0) is 11.5 Å². The smallest absolute Gasteiger partial charge is 0.339 e. The molecule has 0 amide bonds. The van der Waals surface area contributed by atoms with E-state index in [-0.39, 0.29) is 12.2 Å². The molecule has 0 bridgehead atoms. The Labute approximate surface area is 120 Å². The maximum Gasteiger partial charge on any atom is 0.339 e. The molecule has 1 aromatic heterocycles. The average molecular weight is 284 g/mol. The zero-order valence-electron chi connectivity index (χ0n) is 11.2. The molecule has 0 aliphatic carbocycles. The Hall–Kier alpha value is -2.89. The first-order valence-electron chi connectivity index (χ1n) is 6.32. The fraction of sp³-hybridized carbons (Fsp3) is 0.133. The van der Waals surface area contributed by atoms with Gasteiger partial charge in [-0.1, -0.05) is 30.3 Å². The lowest BCUT2D eigenvalue weighted by Crippen LogP contribution is -2.04. The van der Waals surface area contributed by atoms with E-state index in [2.05, 4.69) is 10.2 Å². The molecule has 0 unspecified atom stereocenters. The van der Waals surface area contributed by atoms with E-state index in [9.17, 15) is 9.90 Å². The van der Waals surface area contributed by atoms with Gasteiger partial charge in [0.05, 0.1) is 0 Å². The minimum absolute atomic E-state index is 0.0229. The molecule has 1 N–H and O–H groups in total. The van der Waals surface area contributed by atoms with Gasteiger partial charge >= 0.3 is 5.97 Å². The summed E-state index contributed by atoms with van der Waals surface area (Å²) in [6, 6.07) is 10.7. The fourth-order valence-corrected chi connectivity index (χ4v) is 2.10. The molecule has 0 atom stereocenters. The number of aryl methyl sites for hydroxylation is 1. The third kappa shape index (κ3) is 2.55. The summed E-state index contributed by atoms with van der Waals surface area (Å²) in [5, 5.41) is 18.5. The molecule has 0 fully saturated rings. The van der Waals surface area contributed by atoms with Crippen molar-refractivity contribution in [2.24, 2.45) is 0 Å². The number of aromatic carboxylic acids is 1. The summed E-state index contributed by atoms with van der Waals surface area (Å²) < 4.78 is 10.9. The summed E-state index contributed by atoms with van der Waals surface area (Å²) >= 11 is 0. The number of nitrogens with zero attached hydrogens (tertiary/aromatic N) is 2. The standard InChI is InChI=1S/C15H12N2O4/c1-9-16-17-13(21-9)8-20-14-11-5-3-2-4-10(11)6-7-12(14)15(18)19/h2-7H,8H2,1H3,(H,18,19). The van der Waals surface area contributed by atoms with Crippen LogP contribution in [0.1, 0.15) is 22.1 Å². The van der Waals surface area contributed by atoms with Gasteiger partial charge in [-0.3, -0.25) is 0 Å². The number of carboxylic acids is 1. The average Bonchev–Trinajstić information content (AvgIpc) is 2.90. The third-order valence-electron chi connectivity index (χ3n) is 3.02. The molecule has 2 aromatic carbocycles. The minimum Gasteiger partial charge on any atom is -0.482 e. The summed E-state index contributed by atoms with van der Waals surface area (Å²) in [5.74, 6) is -0.00401. The molecule has 106 valence electrons. The van der Waals surface area contributed by atoms with Gasteiger partial charge in [0.2, 0.25) is 5.89 Å². The summed E-state index contributed by atoms with van der Waals surface area (Å²) in [6.45, 7) is 1.70. The molecule has 0 aliphatic heterocycles. The van der Waals surface area contributed by atoms with Crippen molar-refractivity contribution in [3.8, 4) is 5.75 Å². The first kappa shape index (κ1) is 13.1. The van der Waals surface area contributed by atoms with E-state index in [4.69, 9.17) is 9.15 Å². The van der Waals surface area contributed by atoms with E-state index in [0.717, 1.165) is 10.8 Å². The molecule has 6 heteroatoms. The van der Waals surface area contributed by atoms with Gasteiger partial charge in [0, 0.05) is 12.3 Å². The normalized spacial score (nSPS) is 10.7. The van der Waals surface area contributed by atoms with Gasteiger partial charge in [-0.15, -0.1) is 10.2 Å². The number of hydrogen-bond acceptors (Lipinski definition) is 5. The van der Waals surface area contributed by atoms with Crippen molar-refractivity contribution in [1.29, 1.82) is 0 Å². The minimum atomic E-state index is -1.04. The number of ether oxygens (including phenoxy) is 1. The zero-order chi connectivity index (χ0) is 14.8. The van der Waals surface area contributed by atoms with E-state index in [0.29, 0.717) is 17.5 Å².